The van der Waals surface area contributed by atoms with Crippen LogP contribution in [-0.4, -0.2) is 63.6 Å². The third kappa shape index (κ3) is 2.62. The highest BCUT2D eigenvalue weighted by Gasteiger charge is 2.23. The minimum absolute atomic E-state index is 0.0960. The van der Waals surface area contributed by atoms with E-state index in [2.05, 4.69) is 26.7 Å². The number of nitrogens with two attached hydrogens (primary N) is 1. The molecular weight excluding hydrogens is 220 g/mol. The van der Waals surface area contributed by atoms with Crippen LogP contribution in [0.3, 0.4) is 0 Å². The fourth-order valence-corrected chi connectivity index (χ4v) is 1.84. The molecule has 2 rings (SSSR count). The first-order valence-electron chi connectivity index (χ1n) is 5.51. The number of aromatic nitrogens is 3. The topological polar surface area (TPSA) is 91.1 Å². The summed E-state index contributed by atoms with van der Waals surface area (Å²) in [4.78, 5) is 19.8. The molecule has 0 radical (unpaired) electrons. The van der Waals surface area contributed by atoms with Crippen molar-refractivity contribution in [1.29, 1.82) is 0 Å². The standard InChI is InChI=1S/C10H16N6O/c1-2-3-15-4-6-16(7-5-15)9(17)8-12-10(11)14-13-8/h2H,1,3-7H2,(H3,11,12,13,14). The number of rotatable bonds is 3. The van der Waals surface area contributed by atoms with E-state index in [0.717, 1.165) is 19.6 Å². The van der Waals surface area contributed by atoms with Gasteiger partial charge >= 0.3 is 0 Å². The molecule has 0 unspecified atom stereocenters. The van der Waals surface area contributed by atoms with Gasteiger partial charge in [-0.05, 0) is 0 Å². The van der Waals surface area contributed by atoms with E-state index in [0.29, 0.717) is 13.1 Å². The van der Waals surface area contributed by atoms with Gasteiger partial charge in [-0.3, -0.25) is 14.8 Å². The third-order valence-corrected chi connectivity index (χ3v) is 2.75. The fraction of sp³-hybridized carbons (Fsp3) is 0.500. The number of aromatic amines is 1. The number of piperazine rings is 1. The second-order valence-electron chi connectivity index (χ2n) is 3.92. The smallest absolute Gasteiger partial charge is 0.291 e. The van der Waals surface area contributed by atoms with Crippen molar-refractivity contribution >= 4 is 11.9 Å². The van der Waals surface area contributed by atoms with Gasteiger partial charge in [0.1, 0.15) is 0 Å². The van der Waals surface area contributed by atoms with Crippen molar-refractivity contribution in [3.8, 4) is 0 Å². The first-order valence-corrected chi connectivity index (χ1v) is 5.51. The van der Waals surface area contributed by atoms with E-state index in [-0.39, 0.29) is 17.7 Å². The lowest BCUT2D eigenvalue weighted by Gasteiger charge is -2.33. The van der Waals surface area contributed by atoms with Gasteiger partial charge in [0.25, 0.3) is 5.91 Å². The van der Waals surface area contributed by atoms with E-state index in [9.17, 15) is 4.79 Å². The molecule has 2 heterocycles. The van der Waals surface area contributed by atoms with Gasteiger partial charge < -0.3 is 10.6 Å². The Morgan fingerprint density at radius 1 is 1.47 bits per heavy atom. The molecule has 7 heteroatoms. The number of H-pyrrole nitrogens is 1. The van der Waals surface area contributed by atoms with E-state index in [1.165, 1.54) is 0 Å². The third-order valence-electron chi connectivity index (χ3n) is 2.75. The first-order chi connectivity index (χ1) is 8.20. The van der Waals surface area contributed by atoms with Crippen molar-refractivity contribution in [2.75, 3.05) is 38.5 Å². The van der Waals surface area contributed by atoms with Crippen LogP contribution in [0, 0.1) is 0 Å². The highest BCUT2D eigenvalue weighted by Crippen LogP contribution is 2.06. The van der Waals surface area contributed by atoms with Crippen LogP contribution in [0.5, 0.6) is 0 Å². The maximum absolute atomic E-state index is 12.0. The molecule has 0 aliphatic carbocycles. The molecule has 1 amide bonds. The van der Waals surface area contributed by atoms with Crippen LogP contribution in [0.25, 0.3) is 0 Å². The number of carbonyl (C=O) groups is 1. The minimum atomic E-state index is -0.146. The summed E-state index contributed by atoms with van der Waals surface area (Å²) in [7, 11) is 0. The van der Waals surface area contributed by atoms with Crippen molar-refractivity contribution in [2.45, 2.75) is 0 Å². The second kappa shape index (κ2) is 4.96. The molecule has 1 aromatic heterocycles. The van der Waals surface area contributed by atoms with Gasteiger partial charge in [0.2, 0.25) is 11.8 Å². The predicted octanol–water partition coefficient (Wildman–Crippen LogP) is -0.669. The Morgan fingerprint density at radius 2 is 2.18 bits per heavy atom. The van der Waals surface area contributed by atoms with Crippen molar-refractivity contribution in [3.05, 3.63) is 18.5 Å². The van der Waals surface area contributed by atoms with Gasteiger partial charge in [-0.1, -0.05) is 6.08 Å². The lowest BCUT2D eigenvalue weighted by Crippen LogP contribution is -2.48. The van der Waals surface area contributed by atoms with Gasteiger partial charge in [-0.25, -0.2) is 0 Å². The molecular formula is C10H16N6O. The SMILES string of the molecule is C=CCN1CCN(C(=O)c2nc(N)n[nH]2)CC1. The number of hydrogen-bond donors (Lipinski definition) is 2. The fourth-order valence-electron chi connectivity index (χ4n) is 1.84. The summed E-state index contributed by atoms with van der Waals surface area (Å²) in [6.07, 6.45) is 1.87. The summed E-state index contributed by atoms with van der Waals surface area (Å²) >= 11 is 0. The molecule has 17 heavy (non-hydrogen) atoms. The number of amides is 1. The molecule has 92 valence electrons. The predicted molar refractivity (Wildman–Crippen MR) is 63.3 cm³/mol. The highest BCUT2D eigenvalue weighted by molar-refractivity contribution is 5.90. The largest absolute Gasteiger partial charge is 0.366 e. The Labute approximate surface area is 99.3 Å². The zero-order valence-electron chi connectivity index (χ0n) is 9.59. The molecule has 1 saturated heterocycles. The molecule has 0 atom stereocenters. The summed E-state index contributed by atoms with van der Waals surface area (Å²) in [5.41, 5.74) is 5.36. The number of nitrogen functional groups attached to an aromatic ring is 1. The number of nitrogens with zero attached hydrogens (tertiary/aromatic N) is 4. The van der Waals surface area contributed by atoms with Crippen molar-refractivity contribution < 1.29 is 4.79 Å². The lowest BCUT2D eigenvalue weighted by molar-refractivity contribution is 0.0638. The second-order valence-corrected chi connectivity index (χ2v) is 3.92. The molecule has 0 aromatic carbocycles. The molecule has 3 N–H and O–H groups in total. The Hall–Kier alpha value is -1.89. The summed E-state index contributed by atoms with van der Waals surface area (Å²) in [5, 5.41) is 6.18. The Balaban J connectivity index is 1.92. The van der Waals surface area contributed by atoms with Gasteiger partial charge in [0.15, 0.2) is 0 Å². The van der Waals surface area contributed by atoms with Crippen LogP contribution >= 0.6 is 0 Å². The number of carbonyl (C=O) groups excluding carboxylic acids is 1. The minimum Gasteiger partial charge on any atom is -0.366 e. The van der Waals surface area contributed by atoms with Crippen LogP contribution in [0.1, 0.15) is 10.6 Å². The van der Waals surface area contributed by atoms with Gasteiger partial charge in [0, 0.05) is 32.7 Å². The number of hydrogen-bond acceptors (Lipinski definition) is 5. The first kappa shape index (κ1) is 11.6. The van der Waals surface area contributed by atoms with Crippen LogP contribution in [-0.2, 0) is 0 Å². The monoisotopic (exact) mass is 236 g/mol. The Kier molecular flexibility index (Phi) is 3.38. The average molecular weight is 236 g/mol. The van der Waals surface area contributed by atoms with Crippen LogP contribution < -0.4 is 5.73 Å². The van der Waals surface area contributed by atoms with Crippen LogP contribution in [0.2, 0.25) is 0 Å². The molecule has 1 aliphatic heterocycles. The molecule has 1 aliphatic rings. The summed E-state index contributed by atoms with van der Waals surface area (Å²) < 4.78 is 0. The van der Waals surface area contributed by atoms with Crippen molar-refractivity contribution in [3.63, 3.8) is 0 Å². The Morgan fingerprint density at radius 3 is 2.71 bits per heavy atom. The number of nitrogens with one attached hydrogen (secondary N) is 1. The average Bonchev–Trinajstić information content (AvgIpc) is 2.76. The molecule has 0 saturated carbocycles. The van der Waals surface area contributed by atoms with E-state index < -0.39 is 0 Å². The van der Waals surface area contributed by atoms with Crippen LogP contribution in [0.4, 0.5) is 5.95 Å². The van der Waals surface area contributed by atoms with E-state index in [4.69, 9.17) is 5.73 Å². The van der Waals surface area contributed by atoms with E-state index >= 15 is 0 Å². The summed E-state index contributed by atoms with van der Waals surface area (Å²) in [5.74, 6) is 0.158. The summed E-state index contributed by atoms with van der Waals surface area (Å²) in [6, 6.07) is 0. The van der Waals surface area contributed by atoms with Gasteiger partial charge in [0.05, 0.1) is 0 Å². The molecule has 7 nitrogen and oxygen atoms in total. The van der Waals surface area contributed by atoms with E-state index in [1.54, 1.807) is 4.90 Å². The molecule has 1 fully saturated rings. The molecule has 0 bridgehead atoms. The van der Waals surface area contributed by atoms with Gasteiger partial charge in [-0.2, -0.15) is 4.98 Å². The zero-order chi connectivity index (χ0) is 12.3. The quantitative estimate of drug-likeness (QED) is 0.679. The van der Waals surface area contributed by atoms with Crippen molar-refractivity contribution in [2.24, 2.45) is 0 Å². The highest BCUT2D eigenvalue weighted by atomic mass is 16.2. The normalized spacial score (nSPS) is 17.1. The lowest BCUT2D eigenvalue weighted by atomic mass is 10.3. The van der Waals surface area contributed by atoms with E-state index in [1.807, 2.05) is 6.08 Å². The molecule has 0 spiro atoms. The maximum Gasteiger partial charge on any atom is 0.291 e. The summed E-state index contributed by atoms with van der Waals surface area (Å²) in [6.45, 7) is 7.63. The van der Waals surface area contributed by atoms with Gasteiger partial charge in [-0.15, -0.1) is 11.7 Å². The zero-order valence-corrected chi connectivity index (χ0v) is 9.59. The number of anilines is 1. The van der Waals surface area contributed by atoms with Crippen LogP contribution in [0.15, 0.2) is 12.7 Å². The van der Waals surface area contributed by atoms with Crippen molar-refractivity contribution in [1.82, 2.24) is 25.0 Å². The Bertz CT molecular complexity index is 407. The molecule has 1 aromatic rings. The maximum atomic E-state index is 12.0.